The minimum absolute atomic E-state index is 0.0302. The highest BCUT2D eigenvalue weighted by atomic mass is 19.1. The van der Waals surface area contributed by atoms with Crippen molar-refractivity contribution in [1.82, 2.24) is 20.2 Å². The number of ether oxygens (including phenoxy) is 1. The van der Waals surface area contributed by atoms with Gasteiger partial charge >= 0.3 is 0 Å². The molecule has 0 amide bonds. The van der Waals surface area contributed by atoms with Gasteiger partial charge in [-0.2, -0.15) is 15.1 Å². The van der Waals surface area contributed by atoms with E-state index in [0.717, 1.165) is 10.9 Å². The fraction of sp³-hybridized carbons (Fsp3) is 0. The maximum Gasteiger partial charge on any atom is 0.223 e. The Morgan fingerprint density at radius 2 is 1.92 bits per heavy atom. The third-order valence-corrected chi connectivity index (χ3v) is 3.61. The van der Waals surface area contributed by atoms with Crippen molar-refractivity contribution in [2.75, 3.05) is 16.8 Å². The van der Waals surface area contributed by atoms with Gasteiger partial charge in [0.2, 0.25) is 5.95 Å². The van der Waals surface area contributed by atoms with E-state index in [1.807, 2.05) is 6.07 Å². The van der Waals surface area contributed by atoms with Crippen LogP contribution in [0.4, 0.5) is 27.7 Å². The number of rotatable bonds is 4. The van der Waals surface area contributed by atoms with Crippen LogP contribution in [0.3, 0.4) is 0 Å². The number of nitrogens with two attached hydrogens (primary N) is 2. The van der Waals surface area contributed by atoms with Crippen LogP contribution < -0.4 is 21.5 Å². The predicted molar refractivity (Wildman–Crippen MR) is 96.7 cm³/mol. The summed E-state index contributed by atoms with van der Waals surface area (Å²) in [4.78, 5) is 7.76. The van der Waals surface area contributed by atoms with Crippen LogP contribution in [0, 0.1) is 5.82 Å². The first-order valence-corrected chi connectivity index (χ1v) is 7.64. The topological polar surface area (TPSA) is 128 Å². The highest BCUT2D eigenvalue weighted by Gasteiger charge is 2.08. The third-order valence-electron chi connectivity index (χ3n) is 3.61. The third kappa shape index (κ3) is 3.18. The van der Waals surface area contributed by atoms with Crippen molar-refractivity contribution in [3.63, 3.8) is 0 Å². The van der Waals surface area contributed by atoms with E-state index in [1.165, 1.54) is 18.2 Å². The minimum Gasteiger partial charge on any atom is -0.454 e. The van der Waals surface area contributed by atoms with Gasteiger partial charge in [-0.3, -0.25) is 5.10 Å². The molecule has 9 heteroatoms. The molecule has 0 radical (unpaired) electrons. The smallest absolute Gasteiger partial charge is 0.223 e. The van der Waals surface area contributed by atoms with Crippen LogP contribution in [0.25, 0.3) is 10.9 Å². The molecule has 4 rings (SSSR count). The molecule has 26 heavy (non-hydrogen) atoms. The second kappa shape index (κ2) is 6.20. The number of aromatic amines is 1. The average Bonchev–Trinajstić information content (AvgIpc) is 3.04. The van der Waals surface area contributed by atoms with Gasteiger partial charge in [0.15, 0.2) is 11.6 Å². The molecule has 0 bridgehead atoms. The molecule has 2 heterocycles. The van der Waals surface area contributed by atoms with E-state index in [-0.39, 0.29) is 17.5 Å². The molecule has 0 unspecified atom stereocenters. The van der Waals surface area contributed by atoms with Crippen LogP contribution in [0.2, 0.25) is 0 Å². The van der Waals surface area contributed by atoms with Crippen molar-refractivity contribution < 1.29 is 9.13 Å². The number of hydrogen-bond donors (Lipinski definition) is 4. The second-order valence-corrected chi connectivity index (χ2v) is 5.53. The van der Waals surface area contributed by atoms with Crippen LogP contribution >= 0.6 is 0 Å². The van der Waals surface area contributed by atoms with Crippen molar-refractivity contribution in [2.24, 2.45) is 0 Å². The quantitative estimate of drug-likeness (QED) is 0.444. The molecule has 8 nitrogen and oxygen atoms in total. The number of nitrogens with zero attached hydrogens (tertiary/aromatic N) is 3. The van der Waals surface area contributed by atoms with E-state index < -0.39 is 5.82 Å². The molecule has 0 aliphatic heterocycles. The molecule has 0 fully saturated rings. The molecule has 0 atom stereocenters. The lowest BCUT2D eigenvalue weighted by molar-refractivity contribution is 0.443. The molecule has 130 valence electrons. The second-order valence-electron chi connectivity index (χ2n) is 5.53. The van der Waals surface area contributed by atoms with Gasteiger partial charge < -0.3 is 21.5 Å². The molecule has 0 saturated carbocycles. The van der Waals surface area contributed by atoms with Crippen molar-refractivity contribution in [3.05, 3.63) is 54.5 Å². The molecule has 0 aliphatic carbocycles. The van der Waals surface area contributed by atoms with Crippen molar-refractivity contribution in [2.45, 2.75) is 0 Å². The Kier molecular flexibility index (Phi) is 3.73. The molecular weight excluding hydrogens is 337 g/mol. The van der Waals surface area contributed by atoms with Crippen LogP contribution in [0.15, 0.2) is 48.7 Å². The van der Waals surface area contributed by atoms with Crippen molar-refractivity contribution in [3.8, 4) is 11.5 Å². The Morgan fingerprint density at radius 3 is 2.73 bits per heavy atom. The SMILES string of the molecule is Nc1cc(Nc2ccc(Oc3ccc4[nH]ncc4c3)c(F)c2)nc(N)n1. The summed E-state index contributed by atoms with van der Waals surface area (Å²) in [7, 11) is 0. The molecule has 2 aromatic carbocycles. The highest BCUT2D eigenvalue weighted by Crippen LogP contribution is 2.29. The molecule has 2 aromatic heterocycles. The van der Waals surface area contributed by atoms with Gasteiger partial charge in [0.25, 0.3) is 0 Å². The zero-order chi connectivity index (χ0) is 18.1. The fourth-order valence-corrected chi connectivity index (χ4v) is 2.47. The first kappa shape index (κ1) is 15.6. The summed E-state index contributed by atoms with van der Waals surface area (Å²) in [6.07, 6.45) is 1.67. The maximum absolute atomic E-state index is 14.4. The Hall–Kier alpha value is -3.88. The number of nitrogen functional groups attached to an aromatic ring is 2. The normalized spacial score (nSPS) is 10.8. The summed E-state index contributed by atoms with van der Waals surface area (Å²) in [6.45, 7) is 0. The minimum atomic E-state index is -0.530. The summed E-state index contributed by atoms with van der Waals surface area (Å²) in [5.41, 5.74) is 12.5. The summed E-state index contributed by atoms with van der Waals surface area (Å²) < 4.78 is 20.0. The summed E-state index contributed by atoms with van der Waals surface area (Å²) in [5.74, 6) is 0.693. The number of fused-ring (bicyclic) bond motifs is 1. The Balaban J connectivity index is 1.55. The highest BCUT2D eigenvalue weighted by molar-refractivity contribution is 5.79. The number of H-pyrrole nitrogens is 1. The summed E-state index contributed by atoms with van der Waals surface area (Å²) >= 11 is 0. The zero-order valence-corrected chi connectivity index (χ0v) is 13.4. The van der Waals surface area contributed by atoms with Crippen molar-refractivity contribution in [1.29, 1.82) is 0 Å². The number of halogens is 1. The Morgan fingerprint density at radius 1 is 1.04 bits per heavy atom. The first-order valence-electron chi connectivity index (χ1n) is 7.64. The number of aromatic nitrogens is 4. The molecule has 0 saturated heterocycles. The van der Waals surface area contributed by atoms with Gasteiger partial charge in [-0.25, -0.2) is 4.39 Å². The number of nitrogens with one attached hydrogen (secondary N) is 2. The van der Waals surface area contributed by atoms with Gasteiger partial charge in [-0.05, 0) is 30.3 Å². The van der Waals surface area contributed by atoms with Crippen LogP contribution in [-0.2, 0) is 0 Å². The standard InChI is InChI=1S/C17H14FN7O/c18-12-6-10(22-16-7-15(19)23-17(20)24-16)1-4-14(12)26-11-2-3-13-9(5-11)8-21-25-13/h1-8H,(H,21,25)(H5,19,20,22,23,24). The average molecular weight is 351 g/mol. The van der Waals surface area contributed by atoms with E-state index >= 15 is 0 Å². The fourth-order valence-electron chi connectivity index (χ4n) is 2.47. The van der Waals surface area contributed by atoms with Crippen LogP contribution in [-0.4, -0.2) is 20.2 Å². The van der Waals surface area contributed by atoms with Gasteiger partial charge in [-0.1, -0.05) is 0 Å². The van der Waals surface area contributed by atoms with E-state index in [4.69, 9.17) is 16.2 Å². The van der Waals surface area contributed by atoms with E-state index in [0.29, 0.717) is 17.3 Å². The van der Waals surface area contributed by atoms with Crippen molar-refractivity contribution >= 4 is 34.2 Å². The lowest BCUT2D eigenvalue weighted by Gasteiger charge is -2.10. The van der Waals surface area contributed by atoms with Gasteiger partial charge in [0, 0.05) is 23.2 Å². The molecular formula is C17H14FN7O. The Labute approximate surface area is 147 Å². The maximum atomic E-state index is 14.4. The summed E-state index contributed by atoms with van der Waals surface area (Å²) in [6, 6.07) is 11.3. The molecule has 0 aliphatic rings. The largest absolute Gasteiger partial charge is 0.454 e. The number of benzene rings is 2. The van der Waals surface area contributed by atoms with E-state index in [1.54, 1.807) is 24.4 Å². The first-order chi connectivity index (χ1) is 12.6. The van der Waals surface area contributed by atoms with E-state index in [9.17, 15) is 4.39 Å². The lowest BCUT2D eigenvalue weighted by Crippen LogP contribution is -2.03. The van der Waals surface area contributed by atoms with Crippen LogP contribution in [0.1, 0.15) is 0 Å². The van der Waals surface area contributed by atoms with Gasteiger partial charge in [0.05, 0.1) is 11.7 Å². The monoisotopic (exact) mass is 351 g/mol. The molecule has 4 aromatic rings. The summed E-state index contributed by atoms with van der Waals surface area (Å²) in [5, 5.41) is 10.6. The van der Waals surface area contributed by atoms with E-state index in [2.05, 4.69) is 25.5 Å². The molecule has 0 spiro atoms. The molecule has 6 N–H and O–H groups in total. The number of anilines is 4. The van der Waals surface area contributed by atoms with Gasteiger partial charge in [0.1, 0.15) is 17.4 Å². The Bertz CT molecular complexity index is 1080. The number of hydrogen-bond acceptors (Lipinski definition) is 7. The predicted octanol–water partition coefficient (Wildman–Crippen LogP) is 3.19. The lowest BCUT2D eigenvalue weighted by atomic mass is 10.2. The van der Waals surface area contributed by atoms with Gasteiger partial charge in [-0.15, -0.1) is 0 Å². The zero-order valence-electron chi connectivity index (χ0n) is 13.4. The van der Waals surface area contributed by atoms with Crippen LogP contribution in [0.5, 0.6) is 11.5 Å².